The molecule has 1 N–H and O–H groups in total. The molecule has 0 saturated heterocycles. The Morgan fingerprint density at radius 2 is 1.41 bits per heavy atom. The molecule has 1 aliphatic carbocycles. The van der Waals surface area contributed by atoms with Crippen LogP contribution in [0.25, 0.3) is 0 Å². The van der Waals surface area contributed by atoms with Crippen LogP contribution in [0.3, 0.4) is 0 Å². The first-order valence-corrected chi connectivity index (χ1v) is 19.5. The number of amides is 1. The van der Waals surface area contributed by atoms with Crippen LogP contribution in [-0.4, -0.2) is 10.7 Å². The summed E-state index contributed by atoms with van der Waals surface area (Å²) in [5.41, 5.74) is 1.13. The molecule has 143 valence electrons. The van der Waals surface area contributed by atoms with E-state index in [1.54, 1.807) is 0 Å². The molecular weight excluding hydrogens is 366 g/mol. The summed E-state index contributed by atoms with van der Waals surface area (Å²) in [4.78, 5) is 18.5. The van der Waals surface area contributed by atoms with Gasteiger partial charge in [-0.2, -0.15) is 0 Å². The fourth-order valence-electron chi connectivity index (χ4n) is 4.76. The average Bonchev–Trinajstić information content (AvgIpc) is 3.08. The summed E-state index contributed by atoms with van der Waals surface area (Å²) in [6.45, 7) is 0. The molecule has 0 aliphatic heterocycles. The van der Waals surface area contributed by atoms with Gasteiger partial charge in [0.15, 0.2) is 0 Å². The summed E-state index contributed by atoms with van der Waals surface area (Å²) in [5.74, 6) is 0.0163. The van der Waals surface area contributed by atoms with Crippen LogP contribution in [0.4, 0.5) is 0 Å². The second kappa shape index (κ2) is 4.34. The van der Waals surface area contributed by atoms with E-state index in [9.17, 15) is 4.79 Å². The second-order valence-corrected chi connectivity index (χ2v) is 41.4. The number of nitrogens with one attached hydrogen (secondary N) is 1. The van der Waals surface area contributed by atoms with Crippen LogP contribution < -0.4 is 11.5 Å². The Morgan fingerprint density at radius 3 is 1.81 bits per heavy atom. The summed E-state index contributed by atoms with van der Waals surface area (Å²) in [6.07, 6.45) is 7.37. The van der Waals surface area contributed by atoms with Gasteiger partial charge >= 0.3 is 157 Å². The number of rotatable bonds is 5. The van der Waals surface area contributed by atoms with Crippen LogP contribution in [0.5, 0.6) is 0 Å². The van der Waals surface area contributed by atoms with Crippen molar-refractivity contribution in [2.75, 3.05) is 0 Å². The molecule has 2 aromatic rings. The van der Waals surface area contributed by atoms with E-state index in [-0.39, 0.29) is 5.91 Å². The van der Waals surface area contributed by atoms with Crippen molar-refractivity contribution in [1.29, 1.82) is 0 Å². The first kappa shape index (κ1) is 19.7. The van der Waals surface area contributed by atoms with Gasteiger partial charge in [0.25, 0.3) is 0 Å². The number of benzene rings is 2. The summed E-state index contributed by atoms with van der Waals surface area (Å²) >= 11 is -5.68. The fraction of sp³-hybridized carbons (Fsp3) is 0.250. The quantitative estimate of drug-likeness (QED) is 0.716. The van der Waals surface area contributed by atoms with Crippen molar-refractivity contribution >= 4 is 18.5 Å². The Balaban J connectivity index is 2.32. The number of hydrogen-bond acceptors (Lipinski definition) is 1. The van der Waals surface area contributed by atoms with Gasteiger partial charge in [0.2, 0.25) is 0 Å². The summed E-state index contributed by atoms with van der Waals surface area (Å²) in [6, 6.07) is 20.6. The van der Waals surface area contributed by atoms with Crippen LogP contribution in [0.2, 0.25) is 20.9 Å². The first-order valence-electron chi connectivity index (χ1n) is 9.80. The molecule has 0 unspecified atom stereocenters. The van der Waals surface area contributed by atoms with Gasteiger partial charge in [-0.3, -0.25) is 0 Å². The Labute approximate surface area is 156 Å². The van der Waals surface area contributed by atoms with Gasteiger partial charge in [-0.1, -0.05) is 0 Å². The Kier molecular flexibility index (Phi) is 3.17. The maximum atomic E-state index is 13.4. The molecule has 3 heteroatoms. The van der Waals surface area contributed by atoms with Crippen molar-refractivity contribution in [3.05, 3.63) is 84.5 Å². The third-order valence-electron chi connectivity index (χ3n) is 6.93. The zero-order valence-corrected chi connectivity index (χ0v) is 18.6. The van der Waals surface area contributed by atoms with Gasteiger partial charge in [0.1, 0.15) is 0 Å². The van der Waals surface area contributed by atoms with Gasteiger partial charge in [0.05, 0.1) is 0 Å². The fourth-order valence-corrected chi connectivity index (χ4v) is 14.9. The maximum absolute atomic E-state index is 13.4. The number of allylic oxidation sites excluding steroid dienone is 3. The molecule has 0 spiro atoms. The van der Waals surface area contributed by atoms with E-state index < -0.39 is 11.3 Å². The van der Waals surface area contributed by atoms with Gasteiger partial charge in [-0.25, -0.2) is 0 Å². The van der Waals surface area contributed by atoms with Crippen LogP contribution in [-0.2, 0) is 16.0 Å². The zero-order valence-electron chi connectivity index (χ0n) is 17.0. The molecule has 0 radical (unpaired) electrons. The van der Waals surface area contributed by atoms with Gasteiger partial charge in [0, 0.05) is 0 Å². The topological polar surface area (TPSA) is 29.1 Å². The van der Waals surface area contributed by atoms with Crippen LogP contribution in [0, 0.1) is 0 Å². The molecule has 2 aromatic carbocycles. The van der Waals surface area contributed by atoms with Crippen molar-refractivity contribution < 1.29 is 16.0 Å². The Hall–Kier alpha value is -2.03. The number of carbonyl (C=O) groups is 1. The van der Waals surface area contributed by atoms with Crippen molar-refractivity contribution in [3.63, 3.8) is 0 Å². The van der Waals surface area contributed by atoms with Gasteiger partial charge in [-0.05, 0) is 0 Å². The van der Waals surface area contributed by atoms with Crippen molar-refractivity contribution in [2.24, 2.45) is 0 Å². The first-order chi connectivity index (χ1) is 12.2. The van der Waals surface area contributed by atoms with Crippen LogP contribution in [0.1, 0.15) is 12.8 Å². The minimum atomic E-state index is -5.68. The predicted octanol–water partition coefficient (Wildman–Crippen LogP) is 4.87. The standard InChI is InChI=1S/C7H9NO.2C6H5.4CH3.CH2.Ti/c8-7(9)5-6-3-1-2-4-6;2*1-2-4-6-5-3-1;;;;;;/h1-3H,4-5H2,(H2,8,9);2*1-5H;4*1H3;1H2;/q;;;;;;;;+1/p-1. The summed E-state index contributed by atoms with van der Waals surface area (Å²) < 4.78 is 5.75. The molecule has 2 nitrogen and oxygen atoms in total. The number of carbonyl (C=O) groups excluding carboxylic acids is 1. The zero-order chi connectivity index (χ0) is 20.0. The molecule has 0 saturated carbocycles. The Morgan fingerprint density at radius 1 is 0.926 bits per heavy atom. The molecule has 0 bridgehead atoms. The number of hydrogen-bond donors (Lipinski definition) is 1. The molecule has 3 rings (SSSR count). The van der Waals surface area contributed by atoms with E-state index in [1.165, 1.54) is 0 Å². The minimum absolute atomic E-state index is 0.0163. The SMILES string of the molecule is [CH2]=[Ti]([CH3])([CH3])([CH3])([CH3])([NH]C(=O)CC1=CC=CC1)([c]1ccccc1)[c]1ccccc1. The molecule has 1 amide bonds. The molecule has 0 heterocycles. The van der Waals surface area contributed by atoms with Gasteiger partial charge < -0.3 is 0 Å². The van der Waals surface area contributed by atoms with E-state index in [1.807, 2.05) is 48.6 Å². The van der Waals surface area contributed by atoms with E-state index >= 15 is 0 Å². The Bertz CT molecular complexity index is 1080. The average molecular weight is 398 g/mol. The third kappa shape index (κ3) is 3.01. The molecule has 0 atom stereocenters. The van der Waals surface area contributed by atoms with Crippen LogP contribution >= 0.6 is 0 Å². The molecule has 0 fully saturated rings. The van der Waals surface area contributed by atoms with E-state index in [2.05, 4.69) is 55.1 Å². The third-order valence-corrected chi connectivity index (χ3v) is 20.9. The summed E-state index contributed by atoms with van der Waals surface area (Å²) in [7, 11) is 0. The van der Waals surface area contributed by atoms with E-state index in [4.69, 9.17) is 4.82 Å². The molecular formula is C24H32NOTi. The normalized spacial score (nSPS) is 19.8. The molecule has 1 aliphatic rings. The van der Waals surface area contributed by atoms with E-state index in [0.717, 1.165) is 19.7 Å². The monoisotopic (exact) mass is 398 g/mol. The van der Waals surface area contributed by atoms with Crippen LogP contribution in [0.15, 0.2) is 84.5 Å². The van der Waals surface area contributed by atoms with E-state index in [0.29, 0.717) is 6.42 Å². The van der Waals surface area contributed by atoms with Crippen molar-refractivity contribution in [1.82, 2.24) is 3.80 Å². The summed E-state index contributed by atoms with van der Waals surface area (Å²) in [5, 5.41) is 8.82. The predicted molar refractivity (Wildman–Crippen MR) is 117 cm³/mol. The van der Waals surface area contributed by atoms with Crippen molar-refractivity contribution in [3.8, 4) is 0 Å². The molecule has 27 heavy (non-hydrogen) atoms. The van der Waals surface area contributed by atoms with Gasteiger partial charge in [-0.15, -0.1) is 0 Å². The molecule has 0 aromatic heterocycles. The second-order valence-electron chi connectivity index (χ2n) is 13.2. The van der Waals surface area contributed by atoms with Crippen molar-refractivity contribution in [2.45, 2.75) is 33.8 Å².